The third kappa shape index (κ3) is 2.90. The van der Waals surface area contributed by atoms with Gasteiger partial charge in [0.2, 0.25) is 0 Å². The SMILES string of the molecule is N#Cc1ccc(Nc2cc(F)c(C(=O)O)cc2N)c(F)c1. The van der Waals surface area contributed by atoms with Gasteiger partial charge in [0.1, 0.15) is 11.6 Å². The van der Waals surface area contributed by atoms with Crippen LogP contribution in [0, 0.1) is 23.0 Å². The number of rotatable bonds is 3. The summed E-state index contributed by atoms with van der Waals surface area (Å²) in [5.74, 6) is -3.15. The van der Waals surface area contributed by atoms with Crippen LogP contribution in [0.1, 0.15) is 15.9 Å². The van der Waals surface area contributed by atoms with E-state index in [0.717, 1.165) is 18.2 Å². The molecule has 0 unspecified atom stereocenters. The molecule has 0 bridgehead atoms. The lowest BCUT2D eigenvalue weighted by Crippen LogP contribution is -2.05. The number of carboxylic acids is 1. The lowest BCUT2D eigenvalue weighted by atomic mass is 10.1. The average Bonchev–Trinajstić information content (AvgIpc) is 2.44. The average molecular weight is 289 g/mol. The number of hydrogen-bond acceptors (Lipinski definition) is 4. The van der Waals surface area contributed by atoms with Crippen LogP contribution in [-0.4, -0.2) is 11.1 Å². The van der Waals surface area contributed by atoms with Crippen LogP contribution >= 0.6 is 0 Å². The number of nitrogens with one attached hydrogen (secondary N) is 1. The van der Waals surface area contributed by atoms with Crippen LogP contribution in [0.2, 0.25) is 0 Å². The molecule has 21 heavy (non-hydrogen) atoms. The zero-order chi connectivity index (χ0) is 15.6. The van der Waals surface area contributed by atoms with Crippen molar-refractivity contribution in [1.29, 1.82) is 5.26 Å². The first kappa shape index (κ1) is 14.3. The molecule has 106 valence electrons. The fraction of sp³-hybridized carbons (Fsp3) is 0. The Morgan fingerprint density at radius 2 is 1.90 bits per heavy atom. The number of halogens is 2. The number of benzene rings is 2. The predicted molar refractivity (Wildman–Crippen MR) is 72.2 cm³/mol. The van der Waals surface area contributed by atoms with Gasteiger partial charge in [-0.05, 0) is 24.3 Å². The van der Waals surface area contributed by atoms with Gasteiger partial charge < -0.3 is 16.2 Å². The van der Waals surface area contributed by atoms with Gasteiger partial charge in [-0.2, -0.15) is 5.26 Å². The molecular weight excluding hydrogens is 280 g/mol. The number of carboxylic acid groups (broad SMARTS) is 1. The van der Waals surface area contributed by atoms with Crippen molar-refractivity contribution in [3.8, 4) is 6.07 Å². The van der Waals surface area contributed by atoms with Crippen molar-refractivity contribution in [2.45, 2.75) is 0 Å². The quantitative estimate of drug-likeness (QED) is 0.754. The Labute approximate surface area is 118 Å². The summed E-state index contributed by atoms with van der Waals surface area (Å²) in [5.41, 5.74) is 5.16. The van der Waals surface area contributed by atoms with E-state index < -0.39 is 23.2 Å². The molecule has 0 radical (unpaired) electrons. The lowest BCUT2D eigenvalue weighted by molar-refractivity contribution is 0.0692. The topological polar surface area (TPSA) is 99.1 Å². The Bertz CT molecular complexity index is 770. The van der Waals surface area contributed by atoms with E-state index in [9.17, 15) is 13.6 Å². The van der Waals surface area contributed by atoms with E-state index in [1.54, 1.807) is 6.07 Å². The number of nitrogens with two attached hydrogens (primary N) is 1. The summed E-state index contributed by atoms with van der Waals surface area (Å²) in [5, 5.41) is 20.0. The molecule has 2 rings (SSSR count). The van der Waals surface area contributed by atoms with Crippen LogP contribution in [0.4, 0.5) is 25.8 Å². The molecule has 0 aliphatic heterocycles. The summed E-state index contributed by atoms with van der Waals surface area (Å²) in [6, 6.07) is 7.29. The summed E-state index contributed by atoms with van der Waals surface area (Å²) in [6.07, 6.45) is 0. The zero-order valence-corrected chi connectivity index (χ0v) is 10.5. The molecular formula is C14H9F2N3O2. The lowest BCUT2D eigenvalue weighted by Gasteiger charge is -2.11. The Balaban J connectivity index is 2.39. The summed E-state index contributed by atoms with van der Waals surface area (Å²) in [4.78, 5) is 10.8. The Hall–Kier alpha value is -3.14. The molecule has 0 atom stereocenters. The monoisotopic (exact) mass is 289 g/mol. The number of aromatic carboxylic acids is 1. The van der Waals surface area contributed by atoms with Gasteiger partial charge in [0.15, 0.2) is 0 Å². The number of hydrogen-bond donors (Lipinski definition) is 3. The highest BCUT2D eigenvalue weighted by atomic mass is 19.1. The number of nitrogen functional groups attached to an aromatic ring is 1. The Kier molecular flexibility index (Phi) is 3.71. The molecule has 2 aromatic rings. The van der Waals surface area contributed by atoms with Gasteiger partial charge in [0.05, 0.1) is 34.3 Å². The maximum Gasteiger partial charge on any atom is 0.338 e. The van der Waals surface area contributed by atoms with Gasteiger partial charge in [-0.25, -0.2) is 13.6 Å². The zero-order valence-electron chi connectivity index (χ0n) is 10.5. The summed E-state index contributed by atoms with van der Waals surface area (Å²) in [6.45, 7) is 0. The second-order valence-corrected chi connectivity index (χ2v) is 4.16. The first-order valence-electron chi connectivity index (χ1n) is 5.71. The fourth-order valence-corrected chi connectivity index (χ4v) is 1.69. The molecule has 2 aromatic carbocycles. The van der Waals surface area contributed by atoms with E-state index in [-0.39, 0.29) is 22.6 Å². The molecule has 0 fully saturated rings. The number of nitrogens with zero attached hydrogens (tertiary/aromatic N) is 1. The van der Waals surface area contributed by atoms with Crippen LogP contribution in [0.25, 0.3) is 0 Å². The standard InChI is InChI=1S/C14H9F2N3O2/c15-9-5-13(11(18)4-8(9)14(20)21)19-12-2-1-7(6-17)3-10(12)16/h1-5,19H,18H2,(H,20,21). The minimum Gasteiger partial charge on any atom is -0.478 e. The van der Waals surface area contributed by atoms with Crippen molar-refractivity contribution < 1.29 is 18.7 Å². The summed E-state index contributed by atoms with van der Waals surface area (Å²) in [7, 11) is 0. The number of nitriles is 1. The number of carbonyl (C=O) groups is 1. The number of anilines is 3. The molecule has 0 aliphatic carbocycles. The van der Waals surface area contributed by atoms with Crippen molar-refractivity contribution in [2.75, 3.05) is 11.1 Å². The molecule has 0 saturated carbocycles. The van der Waals surface area contributed by atoms with Crippen molar-refractivity contribution in [3.05, 3.63) is 53.1 Å². The van der Waals surface area contributed by atoms with E-state index in [4.69, 9.17) is 16.1 Å². The first-order valence-corrected chi connectivity index (χ1v) is 5.71. The van der Waals surface area contributed by atoms with Gasteiger partial charge in [0, 0.05) is 6.07 Å². The predicted octanol–water partition coefficient (Wildman–Crippen LogP) is 2.86. The Morgan fingerprint density at radius 1 is 1.19 bits per heavy atom. The molecule has 5 nitrogen and oxygen atoms in total. The second kappa shape index (κ2) is 5.46. The third-order valence-electron chi connectivity index (χ3n) is 2.74. The van der Waals surface area contributed by atoms with Crippen molar-refractivity contribution >= 4 is 23.0 Å². The van der Waals surface area contributed by atoms with Crippen LogP contribution in [-0.2, 0) is 0 Å². The van der Waals surface area contributed by atoms with E-state index in [1.165, 1.54) is 12.1 Å². The Morgan fingerprint density at radius 3 is 2.48 bits per heavy atom. The van der Waals surface area contributed by atoms with E-state index >= 15 is 0 Å². The third-order valence-corrected chi connectivity index (χ3v) is 2.74. The minimum absolute atomic E-state index is 0.0109. The van der Waals surface area contributed by atoms with Crippen LogP contribution in [0.15, 0.2) is 30.3 Å². The van der Waals surface area contributed by atoms with E-state index in [2.05, 4.69) is 5.32 Å². The van der Waals surface area contributed by atoms with Gasteiger partial charge in [0.25, 0.3) is 0 Å². The van der Waals surface area contributed by atoms with Gasteiger partial charge in [-0.1, -0.05) is 0 Å². The second-order valence-electron chi connectivity index (χ2n) is 4.16. The highest BCUT2D eigenvalue weighted by molar-refractivity contribution is 5.91. The molecule has 0 heterocycles. The van der Waals surface area contributed by atoms with Gasteiger partial charge >= 0.3 is 5.97 Å². The molecule has 0 saturated heterocycles. The van der Waals surface area contributed by atoms with Crippen LogP contribution in [0.5, 0.6) is 0 Å². The fourth-order valence-electron chi connectivity index (χ4n) is 1.69. The molecule has 0 aromatic heterocycles. The molecule has 7 heteroatoms. The van der Waals surface area contributed by atoms with Gasteiger partial charge in [-0.15, -0.1) is 0 Å². The van der Waals surface area contributed by atoms with E-state index in [1.807, 2.05) is 0 Å². The summed E-state index contributed by atoms with van der Waals surface area (Å²) < 4.78 is 27.3. The van der Waals surface area contributed by atoms with Crippen molar-refractivity contribution in [2.24, 2.45) is 0 Å². The normalized spacial score (nSPS) is 9.95. The van der Waals surface area contributed by atoms with Crippen LogP contribution < -0.4 is 11.1 Å². The van der Waals surface area contributed by atoms with Crippen LogP contribution in [0.3, 0.4) is 0 Å². The largest absolute Gasteiger partial charge is 0.478 e. The smallest absolute Gasteiger partial charge is 0.338 e. The maximum absolute atomic E-state index is 13.7. The summed E-state index contributed by atoms with van der Waals surface area (Å²) >= 11 is 0. The van der Waals surface area contributed by atoms with E-state index in [0.29, 0.717) is 0 Å². The molecule has 0 spiro atoms. The highest BCUT2D eigenvalue weighted by Crippen LogP contribution is 2.28. The maximum atomic E-state index is 13.7. The molecule has 4 N–H and O–H groups in total. The van der Waals surface area contributed by atoms with Crippen molar-refractivity contribution in [1.82, 2.24) is 0 Å². The highest BCUT2D eigenvalue weighted by Gasteiger charge is 2.14. The first-order chi connectivity index (χ1) is 9.92. The minimum atomic E-state index is -1.45. The van der Waals surface area contributed by atoms with Crippen molar-refractivity contribution in [3.63, 3.8) is 0 Å². The van der Waals surface area contributed by atoms with Gasteiger partial charge in [-0.3, -0.25) is 0 Å². The molecule has 0 aliphatic rings. The molecule has 0 amide bonds.